The summed E-state index contributed by atoms with van der Waals surface area (Å²) in [5.74, 6) is -1.93. The van der Waals surface area contributed by atoms with Gasteiger partial charge in [0.1, 0.15) is 11.6 Å². The topological polar surface area (TPSA) is 157 Å². The normalized spacial score (nSPS) is 15.2. The number of hydrogen-bond donors (Lipinski definition) is 6. The van der Waals surface area contributed by atoms with Gasteiger partial charge in [-0.2, -0.15) is 0 Å². The van der Waals surface area contributed by atoms with Gasteiger partial charge >= 0.3 is 6.09 Å². The first-order chi connectivity index (χ1) is 19.8. The van der Waals surface area contributed by atoms with E-state index >= 15 is 0 Å². The number of nitrogens with one attached hydrogen (secondary N) is 3. The van der Waals surface area contributed by atoms with Crippen LogP contribution in [0.4, 0.5) is 4.79 Å². The number of aliphatic hydroxyl groups excluding tert-OH is 3. The summed E-state index contributed by atoms with van der Waals surface area (Å²) in [6, 6.07) is 17.1. The molecule has 10 heteroatoms. The van der Waals surface area contributed by atoms with Crippen LogP contribution >= 0.6 is 0 Å². The summed E-state index contributed by atoms with van der Waals surface area (Å²) in [6.07, 6.45) is -2.30. The van der Waals surface area contributed by atoms with Gasteiger partial charge in [-0.05, 0) is 57.1 Å². The maximum Gasteiger partial charge on any atom is 0.407 e. The molecule has 2 aromatic carbocycles. The van der Waals surface area contributed by atoms with Crippen molar-refractivity contribution < 1.29 is 34.4 Å². The van der Waals surface area contributed by atoms with Gasteiger partial charge in [0.15, 0.2) is 0 Å². The summed E-state index contributed by atoms with van der Waals surface area (Å²) in [5, 5.41) is 38.3. The Bertz CT molecular complexity index is 1110. The standard InChI is InChI=1S/C32H47N3O7/c1-21(2)28(30(40)33-19-25(37)20-36)35-29(39)24(16-22-12-8-6-9-13-22)18-27(38)26(17-23-14-10-7-11-15-23)34-31(41)42-32(3,4)5/h6-15,21,24-28,36-38H,16-20H2,1-5H3,(H,33,40)(H,34,41)(H,35,39)/t24-,25?,26-,27-,28-/m0/s1. The highest BCUT2D eigenvalue weighted by atomic mass is 16.6. The third kappa shape index (κ3) is 12.6. The minimum atomic E-state index is -1.12. The van der Waals surface area contributed by atoms with Crippen LogP contribution in [0, 0.1) is 11.8 Å². The van der Waals surface area contributed by atoms with Crippen LogP contribution in [0.5, 0.6) is 0 Å². The molecule has 2 rings (SSSR count). The van der Waals surface area contributed by atoms with E-state index in [0.717, 1.165) is 11.1 Å². The summed E-state index contributed by atoms with van der Waals surface area (Å²) in [5.41, 5.74) is 1.03. The Morgan fingerprint density at radius 1 is 0.833 bits per heavy atom. The van der Waals surface area contributed by atoms with Gasteiger partial charge in [-0.3, -0.25) is 9.59 Å². The van der Waals surface area contributed by atoms with Gasteiger partial charge in [0.25, 0.3) is 0 Å². The lowest BCUT2D eigenvalue weighted by molar-refractivity contribution is -0.133. The van der Waals surface area contributed by atoms with Crippen molar-refractivity contribution in [2.24, 2.45) is 11.8 Å². The molecule has 0 fully saturated rings. The molecule has 0 saturated heterocycles. The van der Waals surface area contributed by atoms with E-state index < -0.39 is 60.3 Å². The number of aliphatic hydroxyl groups is 3. The van der Waals surface area contributed by atoms with Crippen molar-refractivity contribution in [2.45, 2.75) is 83.8 Å². The lowest BCUT2D eigenvalue weighted by Crippen LogP contribution is -2.53. The Labute approximate surface area is 248 Å². The van der Waals surface area contributed by atoms with E-state index in [-0.39, 0.29) is 18.9 Å². The lowest BCUT2D eigenvalue weighted by atomic mass is 9.88. The molecule has 42 heavy (non-hydrogen) atoms. The second kappa shape index (κ2) is 16.8. The van der Waals surface area contributed by atoms with Crippen molar-refractivity contribution in [3.8, 4) is 0 Å². The Kier molecular flexibility index (Phi) is 13.9. The molecular weight excluding hydrogens is 538 g/mol. The summed E-state index contributed by atoms with van der Waals surface area (Å²) in [7, 11) is 0. The first-order valence-corrected chi connectivity index (χ1v) is 14.4. The van der Waals surface area contributed by atoms with Gasteiger partial charge in [-0.15, -0.1) is 0 Å². The van der Waals surface area contributed by atoms with Gasteiger partial charge in [0.05, 0.1) is 24.9 Å². The Morgan fingerprint density at radius 2 is 1.38 bits per heavy atom. The van der Waals surface area contributed by atoms with Gasteiger partial charge < -0.3 is 36.0 Å². The average Bonchev–Trinajstić information content (AvgIpc) is 2.93. The van der Waals surface area contributed by atoms with Crippen LogP contribution < -0.4 is 16.0 Å². The Hall–Kier alpha value is -3.47. The smallest absolute Gasteiger partial charge is 0.407 e. The monoisotopic (exact) mass is 585 g/mol. The molecule has 0 aliphatic rings. The summed E-state index contributed by atoms with van der Waals surface area (Å²) in [6.45, 7) is 8.17. The van der Waals surface area contributed by atoms with Gasteiger partial charge in [0.2, 0.25) is 11.8 Å². The maximum absolute atomic E-state index is 13.7. The first kappa shape index (κ1) is 34.7. The SMILES string of the molecule is CC(C)[C@H](NC(=O)[C@@H](Cc1ccccc1)C[C@H](O)[C@H](Cc1ccccc1)NC(=O)OC(C)(C)C)C(=O)NCC(O)CO. The molecule has 0 aliphatic carbocycles. The van der Waals surface area contributed by atoms with E-state index in [2.05, 4.69) is 16.0 Å². The zero-order valence-electron chi connectivity index (χ0n) is 25.2. The molecule has 0 aromatic heterocycles. The number of ether oxygens (including phenoxy) is 1. The molecular formula is C32H47N3O7. The van der Waals surface area contributed by atoms with Crippen molar-refractivity contribution in [3.63, 3.8) is 0 Å². The highest BCUT2D eigenvalue weighted by Crippen LogP contribution is 2.20. The molecule has 0 saturated carbocycles. The van der Waals surface area contributed by atoms with E-state index in [1.807, 2.05) is 60.7 Å². The number of rotatable bonds is 15. The summed E-state index contributed by atoms with van der Waals surface area (Å²) < 4.78 is 5.44. The number of alkyl carbamates (subject to hydrolysis) is 1. The molecule has 0 heterocycles. The van der Waals surface area contributed by atoms with Crippen molar-refractivity contribution in [1.29, 1.82) is 0 Å². The van der Waals surface area contributed by atoms with E-state index in [1.165, 1.54) is 0 Å². The number of carbonyl (C=O) groups excluding carboxylic acids is 3. The molecule has 0 bridgehead atoms. The Balaban J connectivity index is 2.29. The maximum atomic E-state index is 13.7. The highest BCUT2D eigenvalue weighted by Gasteiger charge is 2.32. The van der Waals surface area contributed by atoms with Gasteiger partial charge in [-0.1, -0.05) is 74.5 Å². The molecule has 10 nitrogen and oxygen atoms in total. The minimum absolute atomic E-state index is 0.00366. The van der Waals surface area contributed by atoms with Gasteiger partial charge in [0, 0.05) is 12.5 Å². The second-order valence-corrected chi connectivity index (χ2v) is 11.9. The van der Waals surface area contributed by atoms with Crippen LogP contribution in [0.1, 0.15) is 52.2 Å². The fourth-order valence-corrected chi connectivity index (χ4v) is 4.45. The number of amides is 3. The fourth-order valence-electron chi connectivity index (χ4n) is 4.45. The summed E-state index contributed by atoms with van der Waals surface area (Å²) >= 11 is 0. The second-order valence-electron chi connectivity index (χ2n) is 11.9. The van der Waals surface area contributed by atoms with Crippen LogP contribution in [0.15, 0.2) is 60.7 Å². The van der Waals surface area contributed by atoms with Crippen LogP contribution in [-0.2, 0) is 27.2 Å². The van der Waals surface area contributed by atoms with Crippen LogP contribution in [0.3, 0.4) is 0 Å². The molecule has 1 unspecified atom stereocenters. The molecule has 0 radical (unpaired) electrons. The summed E-state index contributed by atoms with van der Waals surface area (Å²) in [4.78, 5) is 39.2. The van der Waals surface area contributed by atoms with Gasteiger partial charge in [-0.25, -0.2) is 4.79 Å². The minimum Gasteiger partial charge on any atom is -0.444 e. The third-order valence-corrected chi connectivity index (χ3v) is 6.66. The molecule has 3 amide bonds. The molecule has 232 valence electrons. The average molecular weight is 586 g/mol. The zero-order valence-corrected chi connectivity index (χ0v) is 25.2. The van der Waals surface area contributed by atoms with Crippen molar-refractivity contribution in [3.05, 3.63) is 71.8 Å². The van der Waals surface area contributed by atoms with Crippen molar-refractivity contribution in [2.75, 3.05) is 13.2 Å². The van der Waals surface area contributed by atoms with E-state index in [0.29, 0.717) is 12.8 Å². The fraction of sp³-hybridized carbons (Fsp3) is 0.531. The molecule has 0 aliphatic heterocycles. The molecule has 6 N–H and O–H groups in total. The van der Waals surface area contributed by atoms with Crippen molar-refractivity contribution in [1.82, 2.24) is 16.0 Å². The number of hydrogen-bond acceptors (Lipinski definition) is 7. The molecule has 0 spiro atoms. The Morgan fingerprint density at radius 3 is 1.88 bits per heavy atom. The quantitative estimate of drug-likeness (QED) is 0.187. The largest absolute Gasteiger partial charge is 0.444 e. The van der Waals surface area contributed by atoms with Crippen molar-refractivity contribution >= 4 is 17.9 Å². The molecule has 5 atom stereocenters. The number of benzene rings is 2. The third-order valence-electron chi connectivity index (χ3n) is 6.66. The van der Waals surface area contributed by atoms with E-state index in [1.54, 1.807) is 34.6 Å². The van der Waals surface area contributed by atoms with Crippen LogP contribution in [-0.4, -0.2) is 76.3 Å². The highest BCUT2D eigenvalue weighted by molar-refractivity contribution is 5.88. The first-order valence-electron chi connectivity index (χ1n) is 14.4. The zero-order chi connectivity index (χ0) is 31.3. The predicted octanol–water partition coefficient (Wildman–Crippen LogP) is 2.34. The van der Waals surface area contributed by atoms with Crippen LogP contribution in [0.25, 0.3) is 0 Å². The van der Waals surface area contributed by atoms with Crippen LogP contribution in [0.2, 0.25) is 0 Å². The predicted molar refractivity (Wildman–Crippen MR) is 160 cm³/mol. The number of carbonyl (C=O) groups is 3. The van der Waals surface area contributed by atoms with E-state index in [4.69, 9.17) is 9.84 Å². The lowest BCUT2D eigenvalue weighted by Gasteiger charge is -2.30. The van der Waals surface area contributed by atoms with E-state index in [9.17, 15) is 24.6 Å². The molecule has 2 aromatic rings.